The molecule has 0 saturated carbocycles. The van der Waals surface area contributed by atoms with Gasteiger partial charge in [0.05, 0.1) is 29.0 Å². The normalized spacial score (nSPS) is 11.3. The lowest BCUT2D eigenvalue weighted by molar-refractivity contribution is -0.120. The predicted molar refractivity (Wildman–Crippen MR) is 110 cm³/mol. The molecule has 6 heteroatoms. The molecule has 2 aromatic heterocycles. The number of carbonyl (C=O) groups excluding carboxylic acids is 1. The first-order valence-electron chi connectivity index (χ1n) is 8.60. The fourth-order valence-corrected chi connectivity index (χ4v) is 3.61. The Labute approximate surface area is 160 Å². The van der Waals surface area contributed by atoms with Gasteiger partial charge in [0.25, 0.3) is 0 Å². The van der Waals surface area contributed by atoms with Crippen molar-refractivity contribution in [1.29, 1.82) is 0 Å². The van der Waals surface area contributed by atoms with Gasteiger partial charge in [0.2, 0.25) is 5.91 Å². The summed E-state index contributed by atoms with van der Waals surface area (Å²) in [5.41, 5.74) is 7.39. The van der Waals surface area contributed by atoms with Crippen LogP contribution in [0, 0.1) is 6.92 Å². The summed E-state index contributed by atoms with van der Waals surface area (Å²) in [7, 11) is 0. The van der Waals surface area contributed by atoms with E-state index in [1.807, 2.05) is 66.9 Å². The Morgan fingerprint density at radius 3 is 2.74 bits per heavy atom. The Morgan fingerprint density at radius 1 is 1.19 bits per heavy atom. The number of nitrogens with zero attached hydrogens (tertiary/aromatic N) is 2. The van der Waals surface area contributed by atoms with Crippen molar-refractivity contribution in [1.82, 2.24) is 15.4 Å². The number of hydrogen-bond donors (Lipinski definition) is 2. The number of para-hydroxylation sites is 1. The van der Waals surface area contributed by atoms with Crippen molar-refractivity contribution in [3.05, 3.63) is 76.2 Å². The van der Waals surface area contributed by atoms with E-state index in [0.29, 0.717) is 0 Å². The summed E-state index contributed by atoms with van der Waals surface area (Å²) >= 11 is 1.54. The maximum Gasteiger partial charge on any atom is 0.246 e. The summed E-state index contributed by atoms with van der Waals surface area (Å²) in [6, 6.07) is 18.1. The quantitative estimate of drug-likeness (QED) is 0.404. The third-order valence-electron chi connectivity index (χ3n) is 4.20. The average molecular weight is 374 g/mol. The van der Waals surface area contributed by atoms with E-state index in [4.69, 9.17) is 0 Å². The molecule has 0 aliphatic heterocycles. The van der Waals surface area contributed by atoms with Gasteiger partial charge >= 0.3 is 0 Å². The van der Waals surface area contributed by atoms with E-state index in [0.717, 1.165) is 38.4 Å². The van der Waals surface area contributed by atoms with Crippen LogP contribution >= 0.6 is 11.3 Å². The molecule has 1 amide bonds. The van der Waals surface area contributed by atoms with Gasteiger partial charge < -0.3 is 4.98 Å². The fourth-order valence-electron chi connectivity index (χ4n) is 2.99. The lowest BCUT2D eigenvalue weighted by Crippen LogP contribution is -2.19. The van der Waals surface area contributed by atoms with Crippen molar-refractivity contribution >= 4 is 34.4 Å². The summed E-state index contributed by atoms with van der Waals surface area (Å²) in [5, 5.41) is 8.09. The van der Waals surface area contributed by atoms with Gasteiger partial charge in [-0.15, -0.1) is 11.3 Å². The second-order valence-corrected chi connectivity index (χ2v) is 7.22. The Balaban J connectivity index is 1.59. The fraction of sp³-hybridized carbons (Fsp3) is 0.0952. The zero-order valence-corrected chi connectivity index (χ0v) is 15.6. The minimum Gasteiger partial charge on any atom is -0.354 e. The number of hydrazone groups is 1. The molecule has 0 aliphatic rings. The number of hydrogen-bond acceptors (Lipinski definition) is 4. The number of carbonyl (C=O) groups is 1. The summed E-state index contributed by atoms with van der Waals surface area (Å²) in [6.07, 6.45) is 1.92. The first-order valence-corrected chi connectivity index (χ1v) is 9.48. The highest BCUT2D eigenvalue weighted by Crippen LogP contribution is 2.28. The molecule has 0 radical (unpaired) electrons. The van der Waals surface area contributed by atoms with Crippen molar-refractivity contribution in [3.63, 3.8) is 0 Å². The van der Waals surface area contributed by atoms with Crippen molar-refractivity contribution in [3.8, 4) is 11.3 Å². The molecule has 134 valence electrons. The Hall–Kier alpha value is -3.25. The Morgan fingerprint density at radius 2 is 1.96 bits per heavy atom. The summed E-state index contributed by atoms with van der Waals surface area (Å²) < 4.78 is 0. The number of rotatable bonds is 5. The van der Waals surface area contributed by atoms with Gasteiger partial charge in [-0.25, -0.2) is 10.4 Å². The van der Waals surface area contributed by atoms with Gasteiger partial charge in [0.15, 0.2) is 0 Å². The number of fused-ring (bicyclic) bond motifs is 1. The Kier molecular flexibility index (Phi) is 4.80. The molecule has 2 heterocycles. The van der Waals surface area contributed by atoms with E-state index in [9.17, 15) is 4.79 Å². The molecule has 2 aromatic carbocycles. The third kappa shape index (κ3) is 3.80. The number of amides is 1. The Bertz CT molecular complexity index is 1110. The van der Waals surface area contributed by atoms with Crippen LogP contribution in [0.15, 0.2) is 65.1 Å². The number of H-pyrrole nitrogens is 1. The van der Waals surface area contributed by atoms with E-state index in [1.54, 1.807) is 6.21 Å². The monoisotopic (exact) mass is 374 g/mol. The van der Waals surface area contributed by atoms with Crippen LogP contribution in [0.25, 0.3) is 22.2 Å². The molecular weight excluding hydrogens is 356 g/mol. The zero-order chi connectivity index (χ0) is 18.6. The molecule has 0 aliphatic carbocycles. The van der Waals surface area contributed by atoms with Gasteiger partial charge in [0, 0.05) is 21.8 Å². The molecular formula is C21H18N4OS. The molecule has 0 atom stereocenters. The minimum atomic E-state index is -0.183. The second kappa shape index (κ2) is 7.55. The number of aromatic nitrogens is 2. The number of nitrogens with one attached hydrogen (secondary N) is 2. The number of aromatic amines is 1. The van der Waals surface area contributed by atoms with Crippen LogP contribution < -0.4 is 5.43 Å². The summed E-state index contributed by atoms with van der Waals surface area (Å²) in [6.45, 7) is 1.92. The van der Waals surface area contributed by atoms with Gasteiger partial charge in [-0.3, -0.25) is 4.79 Å². The van der Waals surface area contributed by atoms with Crippen LogP contribution in [-0.4, -0.2) is 22.1 Å². The van der Waals surface area contributed by atoms with Gasteiger partial charge in [-0.2, -0.15) is 5.10 Å². The minimum absolute atomic E-state index is 0.183. The maximum atomic E-state index is 12.1. The maximum absolute atomic E-state index is 12.1. The van der Waals surface area contributed by atoms with Crippen LogP contribution in [0.2, 0.25) is 0 Å². The van der Waals surface area contributed by atoms with E-state index in [-0.39, 0.29) is 12.3 Å². The molecule has 0 saturated heterocycles. The number of aryl methyl sites for hydroxylation is 1. The smallest absolute Gasteiger partial charge is 0.246 e. The predicted octanol–water partition coefficient (Wildman–Crippen LogP) is 4.29. The molecule has 4 aromatic rings. The van der Waals surface area contributed by atoms with Gasteiger partial charge in [-0.05, 0) is 18.6 Å². The standard InChI is InChI=1S/C21H18N4OS/c1-14-23-16(13-27-14)11-20(26)25-22-12-18-17-9-5-6-10-19(17)24-21(18)15-7-3-2-4-8-15/h2-10,12-13,24H,11H2,1H3,(H,25,26)/b22-12+. The first kappa shape index (κ1) is 17.2. The molecule has 5 nitrogen and oxygen atoms in total. The molecule has 0 unspecified atom stereocenters. The lowest BCUT2D eigenvalue weighted by atomic mass is 10.1. The molecule has 4 rings (SSSR count). The molecule has 2 N–H and O–H groups in total. The summed E-state index contributed by atoms with van der Waals surface area (Å²) in [5.74, 6) is -0.183. The topological polar surface area (TPSA) is 70.1 Å². The number of benzene rings is 2. The van der Waals surface area contributed by atoms with Crippen LogP contribution in [0.1, 0.15) is 16.3 Å². The number of thiazole rings is 1. The lowest BCUT2D eigenvalue weighted by Gasteiger charge is -2.01. The van der Waals surface area contributed by atoms with Crippen molar-refractivity contribution < 1.29 is 4.79 Å². The highest BCUT2D eigenvalue weighted by molar-refractivity contribution is 7.09. The highest BCUT2D eigenvalue weighted by atomic mass is 32.1. The molecule has 0 spiro atoms. The highest BCUT2D eigenvalue weighted by Gasteiger charge is 2.11. The second-order valence-electron chi connectivity index (χ2n) is 6.15. The molecule has 0 fully saturated rings. The van der Waals surface area contributed by atoms with Crippen molar-refractivity contribution in [2.24, 2.45) is 5.10 Å². The SMILES string of the molecule is Cc1nc(CC(=O)N/N=C/c2c(-c3ccccc3)[nH]c3ccccc23)cs1. The molecule has 27 heavy (non-hydrogen) atoms. The van der Waals surface area contributed by atoms with Gasteiger partial charge in [0.1, 0.15) is 0 Å². The first-order chi connectivity index (χ1) is 13.2. The van der Waals surface area contributed by atoms with Gasteiger partial charge in [-0.1, -0.05) is 48.5 Å². The van der Waals surface area contributed by atoms with Crippen LogP contribution in [0.3, 0.4) is 0 Å². The van der Waals surface area contributed by atoms with Crippen LogP contribution in [-0.2, 0) is 11.2 Å². The third-order valence-corrected chi connectivity index (χ3v) is 5.02. The van der Waals surface area contributed by atoms with Crippen LogP contribution in [0.4, 0.5) is 0 Å². The van der Waals surface area contributed by atoms with E-state index >= 15 is 0 Å². The zero-order valence-electron chi connectivity index (χ0n) is 14.8. The van der Waals surface area contributed by atoms with E-state index in [1.165, 1.54) is 11.3 Å². The van der Waals surface area contributed by atoms with E-state index < -0.39 is 0 Å². The van der Waals surface area contributed by atoms with E-state index in [2.05, 4.69) is 20.5 Å². The van der Waals surface area contributed by atoms with Crippen LogP contribution in [0.5, 0.6) is 0 Å². The van der Waals surface area contributed by atoms with Crippen molar-refractivity contribution in [2.45, 2.75) is 13.3 Å². The molecule has 0 bridgehead atoms. The summed E-state index contributed by atoms with van der Waals surface area (Å²) in [4.78, 5) is 19.9. The van der Waals surface area contributed by atoms with Crippen molar-refractivity contribution in [2.75, 3.05) is 0 Å². The average Bonchev–Trinajstić information content (AvgIpc) is 3.26. The largest absolute Gasteiger partial charge is 0.354 e.